The van der Waals surface area contributed by atoms with Crippen LogP contribution in [0.25, 0.3) is 0 Å². The molecule has 0 saturated heterocycles. The first kappa shape index (κ1) is 21.9. The van der Waals surface area contributed by atoms with E-state index in [0.29, 0.717) is 28.5 Å². The number of benzene rings is 2. The fourth-order valence-corrected chi connectivity index (χ4v) is 3.63. The number of hydrogen-bond acceptors (Lipinski definition) is 5. The summed E-state index contributed by atoms with van der Waals surface area (Å²) in [4.78, 5) is 62.0. The molecule has 1 aliphatic rings. The molecule has 1 aliphatic heterocycles. The zero-order valence-corrected chi connectivity index (χ0v) is 17.1. The van der Waals surface area contributed by atoms with Crippen LogP contribution in [-0.4, -0.2) is 47.8 Å². The summed E-state index contributed by atoms with van der Waals surface area (Å²) < 4.78 is 0. The number of carbonyl (C=O) groups is 5. The maximum atomic E-state index is 12.9. The number of ketones is 1. The Bertz CT molecular complexity index is 1020. The van der Waals surface area contributed by atoms with Crippen molar-refractivity contribution in [2.75, 3.05) is 7.05 Å². The summed E-state index contributed by atoms with van der Waals surface area (Å²) in [6.45, 7) is 0.254. The Balaban J connectivity index is 1.75. The first-order valence-electron chi connectivity index (χ1n) is 9.92. The van der Waals surface area contributed by atoms with Crippen LogP contribution in [0, 0.1) is 0 Å². The van der Waals surface area contributed by atoms with Crippen molar-refractivity contribution in [3.63, 3.8) is 0 Å². The molecule has 160 valence electrons. The highest BCUT2D eigenvalue weighted by atomic mass is 16.2. The highest BCUT2D eigenvalue weighted by Gasteiger charge is 2.36. The SMILES string of the molecule is CNC(=O)C(CCC=O)N1Cc2c(CNC(=O)C(=O)c3ccccc3)cccc2C1=O. The molecule has 0 aromatic heterocycles. The van der Waals surface area contributed by atoms with Gasteiger partial charge < -0.3 is 20.3 Å². The Hall–Kier alpha value is -3.81. The van der Waals surface area contributed by atoms with Crippen LogP contribution in [-0.2, 0) is 27.5 Å². The molecule has 0 bridgehead atoms. The van der Waals surface area contributed by atoms with Gasteiger partial charge in [-0.1, -0.05) is 42.5 Å². The van der Waals surface area contributed by atoms with Gasteiger partial charge in [0.05, 0.1) is 0 Å². The number of likely N-dealkylation sites (N-methyl/N-ethyl adjacent to an activating group) is 1. The molecule has 1 unspecified atom stereocenters. The Kier molecular flexibility index (Phi) is 6.92. The largest absolute Gasteiger partial charge is 0.357 e. The number of hydrogen-bond donors (Lipinski definition) is 2. The molecule has 0 saturated carbocycles. The fourth-order valence-electron chi connectivity index (χ4n) is 3.63. The van der Waals surface area contributed by atoms with Crippen molar-refractivity contribution in [1.29, 1.82) is 0 Å². The van der Waals surface area contributed by atoms with E-state index >= 15 is 0 Å². The Morgan fingerprint density at radius 3 is 2.52 bits per heavy atom. The van der Waals surface area contributed by atoms with E-state index in [4.69, 9.17) is 0 Å². The quantitative estimate of drug-likeness (QED) is 0.359. The summed E-state index contributed by atoms with van der Waals surface area (Å²) in [7, 11) is 1.48. The molecule has 0 radical (unpaired) electrons. The predicted octanol–water partition coefficient (Wildman–Crippen LogP) is 1.24. The molecule has 3 amide bonds. The maximum absolute atomic E-state index is 12.9. The van der Waals surface area contributed by atoms with Gasteiger partial charge in [-0.15, -0.1) is 0 Å². The van der Waals surface area contributed by atoms with E-state index in [0.717, 1.165) is 0 Å². The summed E-state index contributed by atoms with van der Waals surface area (Å²) >= 11 is 0. The lowest BCUT2D eigenvalue weighted by Crippen LogP contribution is -2.46. The van der Waals surface area contributed by atoms with E-state index in [1.54, 1.807) is 48.5 Å². The van der Waals surface area contributed by atoms with Gasteiger partial charge in [-0.25, -0.2) is 0 Å². The van der Waals surface area contributed by atoms with Crippen molar-refractivity contribution >= 4 is 29.8 Å². The van der Waals surface area contributed by atoms with Gasteiger partial charge in [-0.3, -0.25) is 19.2 Å². The normalized spacial score (nSPS) is 13.3. The van der Waals surface area contributed by atoms with Gasteiger partial charge in [0.1, 0.15) is 12.3 Å². The van der Waals surface area contributed by atoms with Gasteiger partial charge in [0.2, 0.25) is 11.7 Å². The Morgan fingerprint density at radius 2 is 1.84 bits per heavy atom. The number of aldehydes is 1. The second-order valence-corrected chi connectivity index (χ2v) is 7.13. The molecule has 1 heterocycles. The molecular weight excluding hydrogens is 398 g/mol. The number of fused-ring (bicyclic) bond motifs is 1. The number of rotatable bonds is 9. The van der Waals surface area contributed by atoms with Crippen molar-refractivity contribution in [1.82, 2.24) is 15.5 Å². The number of Topliss-reactive ketones (excluding diaryl/α,β-unsaturated/α-hetero) is 1. The minimum atomic E-state index is -0.766. The van der Waals surface area contributed by atoms with Gasteiger partial charge in [-0.2, -0.15) is 0 Å². The van der Waals surface area contributed by atoms with E-state index < -0.39 is 17.7 Å². The third kappa shape index (κ3) is 4.69. The van der Waals surface area contributed by atoms with Crippen molar-refractivity contribution in [3.05, 3.63) is 70.8 Å². The second-order valence-electron chi connectivity index (χ2n) is 7.13. The monoisotopic (exact) mass is 421 g/mol. The van der Waals surface area contributed by atoms with E-state index in [1.807, 2.05) is 0 Å². The fraction of sp³-hybridized carbons (Fsp3) is 0.261. The summed E-state index contributed by atoms with van der Waals surface area (Å²) in [5, 5.41) is 5.15. The molecule has 0 fully saturated rings. The summed E-state index contributed by atoms with van der Waals surface area (Å²) in [6, 6.07) is 12.6. The maximum Gasteiger partial charge on any atom is 0.292 e. The lowest BCUT2D eigenvalue weighted by atomic mass is 10.0. The van der Waals surface area contributed by atoms with Crippen molar-refractivity contribution < 1.29 is 24.0 Å². The van der Waals surface area contributed by atoms with Gasteiger partial charge in [-0.05, 0) is 23.6 Å². The third-order valence-electron chi connectivity index (χ3n) is 5.26. The molecule has 1 atom stereocenters. The van der Waals surface area contributed by atoms with E-state index in [9.17, 15) is 24.0 Å². The first-order chi connectivity index (χ1) is 15.0. The van der Waals surface area contributed by atoms with E-state index in [1.165, 1.54) is 11.9 Å². The van der Waals surface area contributed by atoms with Crippen LogP contribution in [0.3, 0.4) is 0 Å². The minimum Gasteiger partial charge on any atom is -0.357 e. The molecule has 2 aromatic carbocycles. The predicted molar refractivity (Wildman–Crippen MR) is 112 cm³/mol. The van der Waals surface area contributed by atoms with Crippen LogP contribution in [0.15, 0.2) is 48.5 Å². The Labute approximate surface area is 179 Å². The lowest BCUT2D eigenvalue weighted by molar-refractivity contribution is -0.125. The van der Waals surface area contributed by atoms with Crippen molar-refractivity contribution in [3.8, 4) is 0 Å². The summed E-state index contributed by atoms with van der Waals surface area (Å²) in [5.74, 6) is -2.02. The highest BCUT2D eigenvalue weighted by Crippen LogP contribution is 2.29. The smallest absolute Gasteiger partial charge is 0.292 e. The molecule has 0 aliphatic carbocycles. The number of nitrogens with one attached hydrogen (secondary N) is 2. The molecule has 2 N–H and O–H groups in total. The second kappa shape index (κ2) is 9.80. The van der Waals surface area contributed by atoms with Crippen LogP contribution in [0.5, 0.6) is 0 Å². The molecule has 0 spiro atoms. The van der Waals surface area contributed by atoms with Gasteiger partial charge >= 0.3 is 0 Å². The highest BCUT2D eigenvalue weighted by molar-refractivity contribution is 6.42. The standard InChI is InChI=1S/C23H23N3O5/c1-24-21(29)19(11-6-12-27)26-14-18-16(9-5-10-17(18)23(26)31)13-25-22(30)20(28)15-7-3-2-4-8-15/h2-5,7-10,12,19H,6,11,13-14H2,1H3,(H,24,29)(H,25,30). The van der Waals surface area contributed by atoms with Crippen LogP contribution in [0.1, 0.15) is 44.7 Å². The Morgan fingerprint density at radius 1 is 1.10 bits per heavy atom. The molecule has 8 nitrogen and oxygen atoms in total. The molecule has 3 rings (SSSR count). The third-order valence-corrected chi connectivity index (χ3v) is 5.26. The van der Waals surface area contributed by atoms with E-state index in [2.05, 4.69) is 10.6 Å². The zero-order chi connectivity index (χ0) is 22.4. The molecular formula is C23H23N3O5. The lowest BCUT2D eigenvalue weighted by Gasteiger charge is -2.25. The minimum absolute atomic E-state index is 0.0701. The topological polar surface area (TPSA) is 113 Å². The average molecular weight is 421 g/mol. The van der Waals surface area contributed by atoms with Crippen LogP contribution < -0.4 is 10.6 Å². The number of amides is 3. The average Bonchev–Trinajstić information content (AvgIpc) is 3.14. The summed E-state index contributed by atoms with van der Waals surface area (Å²) in [5.41, 5.74) is 2.12. The van der Waals surface area contributed by atoms with Gasteiger partial charge in [0.25, 0.3) is 11.8 Å². The zero-order valence-electron chi connectivity index (χ0n) is 17.1. The summed E-state index contributed by atoms with van der Waals surface area (Å²) in [6.07, 6.45) is 1.09. The van der Waals surface area contributed by atoms with Crippen LogP contribution in [0.2, 0.25) is 0 Å². The van der Waals surface area contributed by atoms with Gasteiger partial charge in [0.15, 0.2) is 0 Å². The van der Waals surface area contributed by atoms with Crippen molar-refractivity contribution in [2.45, 2.75) is 32.0 Å². The number of carbonyl (C=O) groups excluding carboxylic acids is 5. The molecule has 31 heavy (non-hydrogen) atoms. The number of nitrogens with zero attached hydrogens (tertiary/aromatic N) is 1. The molecule has 8 heteroatoms. The van der Waals surface area contributed by atoms with Crippen LogP contribution >= 0.6 is 0 Å². The van der Waals surface area contributed by atoms with Gasteiger partial charge in [0, 0.05) is 37.7 Å². The van der Waals surface area contributed by atoms with Crippen molar-refractivity contribution in [2.24, 2.45) is 0 Å². The van der Waals surface area contributed by atoms with E-state index in [-0.39, 0.29) is 37.7 Å². The molecule has 2 aromatic rings. The van der Waals surface area contributed by atoms with Crippen LogP contribution in [0.4, 0.5) is 0 Å². The first-order valence-corrected chi connectivity index (χ1v) is 9.92.